The van der Waals surface area contributed by atoms with E-state index in [1.165, 1.54) is 11.1 Å². The molecule has 2 N–H and O–H groups in total. The van der Waals surface area contributed by atoms with Crippen molar-refractivity contribution in [3.8, 4) is 0 Å². The smallest absolute Gasteiger partial charge is 0.270 e. The molecule has 0 radical (unpaired) electrons. The van der Waals surface area contributed by atoms with Crippen LogP contribution >= 0.6 is 0 Å². The molecule has 0 fully saturated rings. The van der Waals surface area contributed by atoms with Crippen molar-refractivity contribution in [1.29, 1.82) is 0 Å². The summed E-state index contributed by atoms with van der Waals surface area (Å²) in [5.41, 5.74) is 5.77. The van der Waals surface area contributed by atoms with Crippen molar-refractivity contribution in [2.24, 2.45) is 0 Å². The van der Waals surface area contributed by atoms with Gasteiger partial charge in [0.25, 0.3) is 5.91 Å². The minimum absolute atomic E-state index is 0.224. The molecule has 0 spiro atoms. The number of hydrogen-bond acceptors (Lipinski definition) is 4. The molecule has 2 aromatic carbocycles. The van der Waals surface area contributed by atoms with Gasteiger partial charge in [0.2, 0.25) is 5.95 Å². The SMILES string of the molecule is Cc1cccc(CNC(=O)c2ccnc(Nc3ccc(C)cc3C)n2)c1. The van der Waals surface area contributed by atoms with E-state index in [0.29, 0.717) is 18.2 Å². The maximum atomic E-state index is 12.4. The number of nitrogens with zero attached hydrogens (tertiary/aromatic N) is 2. The third kappa shape index (κ3) is 4.45. The third-order valence-corrected chi connectivity index (χ3v) is 4.05. The number of carbonyl (C=O) groups excluding carboxylic acids is 1. The molecule has 1 amide bonds. The molecular formula is C21H22N4O. The van der Waals surface area contributed by atoms with Crippen molar-refractivity contribution >= 4 is 17.5 Å². The first kappa shape index (κ1) is 17.6. The quantitative estimate of drug-likeness (QED) is 0.731. The molecule has 0 bridgehead atoms. The fourth-order valence-corrected chi connectivity index (χ4v) is 2.71. The number of carbonyl (C=O) groups is 1. The molecule has 26 heavy (non-hydrogen) atoms. The fraction of sp³-hybridized carbons (Fsp3) is 0.190. The molecule has 1 aromatic heterocycles. The summed E-state index contributed by atoms with van der Waals surface area (Å²) in [4.78, 5) is 20.9. The Morgan fingerprint density at radius 3 is 2.58 bits per heavy atom. The van der Waals surface area contributed by atoms with Crippen LogP contribution in [0.25, 0.3) is 0 Å². The van der Waals surface area contributed by atoms with Gasteiger partial charge >= 0.3 is 0 Å². The summed E-state index contributed by atoms with van der Waals surface area (Å²) in [7, 11) is 0. The molecule has 3 aromatic rings. The minimum atomic E-state index is -0.224. The zero-order chi connectivity index (χ0) is 18.5. The average molecular weight is 346 g/mol. The lowest BCUT2D eigenvalue weighted by molar-refractivity contribution is 0.0946. The Labute approximate surface area is 153 Å². The van der Waals surface area contributed by atoms with E-state index in [2.05, 4.69) is 26.7 Å². The van der Waals surface area contributed by atoms with Crippen molar-refractivity contribution in [2.75, 3.05) is 5.32 Å². The Morgan fingerprint density at radius 1 is 1.00 bits per heavy atom. The van der Waals surface area contributed by atoms with Crippen LogP contribution in [0, 0.1) is 20.8 Å². The van der Waals surface area contributed by atoms with Gasteiger partial charge in [0.1, 0.15) is 5.69 Å². The molecule has 0 unspecified atom stereocenters. The number of amides is 1. The van der Waals surface area contributed by atoms with E-state index >= 15 is 0 Å². The molecule has 1 heterocycles. The van der Waals surface area contributed by atoms with Crippen molar-refractivity contribution in [3.63, 3.8) is 0 Å². The van der Waals surface area contributed by atoms with E-state index < -0.39 is 0 Å². The number of nitrogens with one attached hydrogen (secondary N) is 2. The van der Waals surface area contributed by atoms with E-state index in [1.54, 1.807) is 12.3 Å². The summed E-state index contributed by atoms with van der Waals surface area (Å²) in [6.07, 6.45) is 1.58. The highest BCUT2D eigenvalue weighted by Gasteiger charge is 2.09. The Kier molecular flexibility index (Phi) is 5.27. The molecule has 0 saturated heterocycles. The molecule has 3 rings (SSSR count). The Morgan fingerprint density at radius 2 is 1.81 bits per heavy atom. The predicted octanol–water partition coefficient (Wildman–Crippen LogP) is 4.08. The van der Waals surface area contributed by atoms with Gasteiger partial charge in [-0.25, -0.2) is 9.97 Å². The largest absolute Gasteiger partial charge is 0.347 e. The van der Waals surface area contributed by atoms with Crippen LogP contribution in [0.3, 0.4) is 0 Å². The standard InChI is InChI=1S/C21H22N4O/c1-14-5-4-6-17(12-14)13-23-20(26)19-9-10-22-21(25-19)24-18-8-7-15(2)11-16(18)3/h4-12H,13H2,1-3H3,(H,23,26)(H,22,24,25). The number of anilines is 2. The zero-order valence-electron chi connectivity index (χ0n) is 15.2. The topological polar surface area (TPSA) is 66.9 Å². The third-order valence-electron chi connectivity index (χ3n) is 4.05. The van der Waals surface area contributed by atoms with Gasteiger partial charge in [-0.15, -0.1) is 0 Å². The first-order valence-corrected chi connectivity index (χ1v) is 8.52. The second-order valence-corrected chi connectivity index (χ2v) is 6.38. The molecule has 0 aliphatic rings. The number of hydrogen-bond donors (Lipinski definition) is 2. The Bertz CT molecular complexity index is 937. The minimum Gasteiger partial charge on any atom is -0.347 e. The molecule has 0 aliphatic heterocycles. The van der Waals surface area contributed by atoms with Crippen LogP contribution in [0.2, 0.25) is 0 Å². The van der Waals surface area contributed by atoms with E-state index in [4.69, 9.17) is 0 Å². The lowest BCUT2D eigenvalue weighted by Crippen LogP contribution is -2.24. The van der Waals surface area contributed by atoms with Gasteiger partial charge < -0.3 is 10.6 Å². The molecule has 5 heteroatoms. The highest BCUT2D eigenvalue weighted by molar-refractivity contribution is 5.92. The van der Waals surface area contributed by atoms with Crippen molar-refractivity contribution in [3.05, 3.63) is 82.7 Å². The summed E-state index contributed by atoms with van der Waals surface area (Å²) in [5.74, 6) is 0.178. The Balaban J connectivity index is 1.69. The first-order valence-electron chi connectivity index (χ1n) is 8.52. The second kappa shape index (κ2) is 7.78. The Hall–Kier alpha value is -3.21. The lowest BCUT2D eigenvalue weighted by atomic mass is 10.1. The zero-order valence-corrected chi connectivity index (χ0v) is 15.2. The fourth-order valence-electron chi connectivity index (χ4n) is 2.71. The maximum Gasteiger partial charge on any atom is 0.270 e. The van der Waals surface area contributed by atoms with E-state index in [1.807, 2.05) is 57.2 Å². The number of aromatic nitrogens is 2. The first-order chi connectivity index (χ1) is 12.5. The highest BCUT2D eigenvalue weighted by atomic mass is 16.1. The molecule has 0 aliphatic carbocycles. The number of aryl methyl sites for hydroxylation is 3. The number of rotatable bonds is 5. The predicted molar refractivity (Wildman–Crippen MR) is 104 cm³/mol. The van der Waals surface area contributed by atoms with Crippen LogP contribution in [-0.2, 0) is 6.54 Å². The molecule has 132 valence electrons. The summed E-state index contributed by atoms with van der Waals surface area (Å²) in [6, 6.07) is 15.7. The van der Waals surface area contributed by atoms with Gasteiger partial charge in [-0.3, -0.25) is 4.79 Å². The maximum absolute atomic E-state index is 12.4. The average Bonchev–Trinajstić information content (AvgIpc) is 2.62. The monoisotopic (exact) mass is 346 g/mol. The van der Waals surface area contributed by atoms with E-state index in [0.717, 1.165) is 16.8 Å². The normalized spacial score (nSPS) is 10.4. The van der Waals surface area contributed by atoms with Crippen LogP contribution < -0.4 is 10.6 Å². The van der Waals surface area contributed by atoms with Gasteiger partial charge in [0.05, 0.1) is 0 Å². The van der Waals surface area contributed by atoms with Crippen LogP contribution in [-0.4, -0.2) is 15.9 Å². The van der Waals surface area contributed by atoms with Crippen LogP contribution in [0.4, 0.5) is 11.6 Å². The van der Waals surface area contributed by atoms with E-state index in [-0.39, 0.29) is 5.91 Å². The molecular weight excluding hydrogens is 324 g/mol. The molecule has 0 atom stereocenters. The number of benzene rings is 2. The van der Waals surface area contributed by atoms with Crippen LogP contribution in [0.5, 0.6) is 0 Å². The second-order valence-electron chi connectivity index (χ2n) is 6.38. The highest BCUT2D eigenvalue weighted by Crippen LogP contribution is 2.19. The summed E-state index contributed by atoms with van der Waals surface area (Å²) in [5, 5.41) is 6.07. The van der Waals surface area contributed by atoms with Crippen LogP contribution in [0.15, 0.2) is 54.7 Å². The molecule has 0 saturated carbocycles. The van der Waals surface area contributed by atoms with Gasteiger partial charge in [0.15, 0.2) is 0 Å². The van der Waals surface area contributed by atoms with Crippen molar-refractivity contribution in [1.82, 2.24) is 15.3 Å². The van der Waals surface area contributed by atoms with Crippen molar-refractivity contribution < 1.29 is 4.79 Å². The lowest BCUT2D eigenvalue weighted by Gasteiger charge is -2.10. The van der Waals surface area contributed by atoms with E-state index in [9.17, 15) is 4.79 Å². The van der Waals surface area contributed by atoms with Crippen molar-refractivity contribution in [2.45, 2.75) is 27.3 Å². The van der Waals surface area contributed by atoms with Gasteiger partial charge in [-0.2, -0.15) is 0 Å². The van der Waals surface area contributed by atoms with Gasteiger partial charge in [0, 0.05) is 18.4 Å². The van der Waals surface area contributed by atoms with Gasteiger partial charge in [-0.1, -0.05) is 47.5 Å². The van der Waals surface area contributed by atoms with Crippen LogP contribution in [0.1, 0.15) is 32.7 Å². The summed E-state index contributed by atoms with van der Waals surface area (Å²) in [6.45, 7) is 6.56. The van der Waals surface area contributed by atoms with Gasteiger partial charge in [-0.05, 0) is 44.0 Å². The summed E-state index contributed by atoms with van der Waals surface area (Å²) < 4.78 is 0. The molecule has 5 nitrogen and oxygen atoms in total. The summed E-state index contributed by atoms with van der Waals surface area (Å²) >= 11 is 0.